The number of fused-ring (bicyclic) bond motifs is 1. The van der Waals surface area contributed by atoms with Crippen molar-refractivity contribution in [1.29, 1.82) is 0 Å². The van der Waals surface area contributed by atoms with E-state index >= 15 is 0 Å². The SMILES string of the molecule is Cc1ccn2c(NC(C)(C)CC(C)(C)C)c(-c3cccnc3)nc2n1. The van der Waals surface area contributed by atoms with Gasteiger partial charge in [-0.25, -0.2) is 9.97 Å². The number of imidazole rings is 1. The van der Waals surface area contributed by atoms with Crippen molar-refractivity contribution in [3.8, 4) is 11.3 Å². The van der Waals surface area contributed by atoms with Gasteiger partial charge in [-0.3, -0.25) is 9.38 Å². The van der Waals surface area contributed by atoms with Gasteiger partial charge in [-0.05, 0) is 50.8 Å². The van der Waals surface area contributed by atoms with Crippen LogP contribution in [-0.2, 0) is 0 Å². The average Bonchev–Trinajstić information content (AvgIpc) is 2.82. The minimum atomic E-state index is -0.0872. The number of nitrogens with zero attached hydrogens (tertiary/aromatic N) is 4. The zero-order chi connectivity index (χ0) is 18.2. The molecule has 0 aromatic carbocycles. The molecule has 0 fully saturated rings. The van der Waals surface area contributed by atoms with Crippen molar-refractivity contribution in [1.82, 2.24) is 19.4 Å². The summed E-state index contributed by atoms with van der Waals surface area (Å²) in [4.78, 5) is 13.6. The Morgan fingerprint density at radius 3 is 2.48 bits per heavy atom. The molecule has 1 N–H and O–H groups in total. The van der Waals surface area contributed by atoms with Gasteiger partial charge in [0, 0.05) is 35.4 Å². The molecule has 0 unspecified atom stereocenters. The molecule has 0 aliphatic rings. The first-order chi connectivity index (χ1) is 11.6. The van der Waals surface area contributed by atoms with Crippen molar-refractivity contribution in [2.45, 2.75) is 53.5 Å². The molecule has 0 aliphatic heterocycles. The maximum Gasteiger partial charge on any atom is 0.236 e. The molecule has 0 bridgehead atoms. The number of hydrogen-bond donors (Lipinski definition) is 1. The lowest BCUT2D eigenvalue weighted by Crippen LogP contribution is -2.36. The smallest absolute Gasteiger partial charge is 0.236 e. The summed E-state index contributed by atoms with van der Waals surface area (Å²) in [6.07, 6.45) is 6.67. The first-order valence-electron chi connectivity index (χ1n) is 8.69. The molecule has 5 nitrogen and oxygen atoms in total. The molecular formula is C20H27N5. The molecule has 0 amide bonds. The highest BCUT2D eigenvalue weighted by Crippen LogP contribution is 2.34. The lowest BCUT2D eigenvalue weighted by molar-refractivity contribution is 0.302. The summed E-state index contributed by atoms with van der Waals surface area (Å²) < 4.78 is 2.03. The van der Waals surface area contributed by atoms with Crippen LogP contribution in [0.25, 0.3) is 17.0 Å². The molecule has 0 saturated heterocycles. The molecule has 5 heteroatoms. The summed E-state index contributed by atoms with van der Waals surface area (Å²) in [5.41, 5.74) is 2.96. The second kappa shape index (κ2) is 6.14. The fraction of sp³-hybridized carbons (Fsp3) is 0.450. The Hall–Kier alpha value is -2.43. The van der Waals surface area contributed by atoms with E-state index in [0.717, 1.165) is 29.2 Å². The van der Waals surface area contributed by atoms with Crippen LogP contribution >= 0.6 is 0 Å². The minimum absolute atomic E-state index is 0.0872. The highest BCUT2D eigenvalue weighted by molar-refractivity contribution is 5.75. The van der Waals surface area contributed by atoms with Crippen LogP contribution in [0, 0.1) is 12.3 Å². The third kappa shape index (κ3) is 3.98. The van der Waals surface area contributed by atoms with E-state index in [1.807, 2.05) is 41.9 Å². The summed E-state index contributed by atoms with van der Waals surface area (Å²) in [5, 5.41) is 3.72. The van der Waals surface area contributed by atoms with Crippen LogP contribution in [0.2, 0.25) is 0 Å². The van der Waals surface area contributed by atoms with Gasteiger partial charge in [0.25, 0.3) is 0 Å². The topological polar surface area (TPSA) is 55.1 Å². The Bertz CT molecular complexity index is 872. The molecule has 3 aromatic heterocycles. The van der Waals surface area contributed by atoms with E-state index in [1.54, 1.807) is 6.20 Å². The first kappa shape index (κ1) is 17.4. The quantitative estimate of drug-likeness (QED) is 0.748. The fourth-order valence-electron chi connectivity index (χ4n) is 3.53. The van der Waals surface area contributed by atoms with E-state index in [1.165, 1.54) is 0 Å². The molecule has 3 heterocycles. The number of hydrogen-bond acceptors (Lipinski definition) is 4. The van der Waals surface area contributed by atoms with Crippen molar-refractivity contribution in [2.24, 2.45) is 5.41 Å². The van der Waals surface area contributed by atoms with Crippen LogP contribution in [-0.4, -0.2) is 24.9 Å². The molecule has 132 valence electrons. The number of nitrogens with one attached hydrogen (secondary N) is 1. The monoisotopic (exact) mass is 337 g/mol. The van der Waals surface area contributed by atoms with Gasteiger partial charge < -0.3 is 5.32 Å². The summed E-state index contributed by atoms with van der Waals surface area (Å²) in [7, 11) is 0. The number of anilines is 1. The Kier molecular flexibility index (Phi) is 4.27. The number of aryl methyl sites for hydroxylation is 1. The second-order valence-electron chi connectivity index (χ2n) is 8.54. The molecule has 0 saturated carbocycles. The Labute approximate surface area is 149 Å². The normalized spacial score (nSPS) is 12.6. The largest absolute Gasteiger partial charge is 0.364 e. The standard InChI is InChI=1S/C20H27N5/c1-14-9-11-25-17(24-20(5,6)13-19(2,3)4)16(23-18(25)22-14)15-8-7-10-21-12-15/h7-12,24H,13H2,1-6H3. The zero-order valence-corrected chi connectivity index (χ0v) is 16.0. The van der Waals surface area contributed by atoms with E-state index < -0.39 is 0 Å². The minimum Gasteiger partial charge on any atom is -0.364 e. The summed E-state index contributed by atoms with van der Waals surface area (Å²) in [6.45, 7) is 13.2. The van der Waals surface area contributed by atoms with Crippen LogP contribution in [0.3, 0.4) is 0 Å². The van der Waals surface area contributed by atoms with Gasteiger partial charge in [-0.15, -0.1) is 0 Å². The summed E-state index contributed by atoms with van der Waals surface area (Å²) in [5.74, 6) is 1.66. The third-order valence-electron chi connectivity index (χ3n) is 4.00. The van der Waals surface area contributed by atoms with Crippen molar-refractivity contribution in [2.75, 3.05) is 5.32 Å². The maximum absolute atomic E-state index is 4.77. The van der Waals surface area contributed by atoms with Gasteiger partial charge in [0.2, 0.25) is 5.78 Å². The summed E-state index contributed by atoms with van der Waals surface area (Å²) in [6, 6.07) is 5.97. The lowest BCUT2D eigenvalue weighted by atomic mass is 9.82. The van der Waals surface area contributed by atoms with Gasteiger partial charge in [-0.2, -0.15) is 0 Å². The molecule has 3 aromatic rings. The Morgan fingerprint density at radius 2 is 1.84 bits per heavy atom. The van der Waals surface area contributed by atoms with Crippen molar-refractivity contribution in [3.05, 3.63) is 42.5 Å². The fourth-order valence-corrected chi connectivity index (χ4v) is 3.53. The predicted octanol–water partition coefficient (Wildman–Crippen LogP) is 4.73. The van der Waals surface area contributed by atoms with Crippen LogP contribution in [0.1, 0.15) is 46.7 Å². The molecular weight excluding hydrogens is 310 g/mol. The second-order valence-corrected chi connectivity index (χ2v) is 8.54. The number of pyridine rings is 1. The molecule has 0 atom stereocenters. The van der Waals surface area contributed by atoms with E-state index in [4.69, 9.17) is 4.98 Å². The zero-order valence-electron chi connectivity index (χ0n) is 16.0. The Balaban J connectivity index is 2.12. The summed E-state index contributed by atoms with van der Waals surface area (Å²) >= 11 is 0. The van der Waals surface area contributed by atoms with Gasteiger partial charge in [0.15, 0.2) is 0 Å². The van der Waals surface area contributed by atoms with E-state index in [-0.39, 0.29) is 11.0 Å². The molecule has 0 aliphatic carbocycles. The highest BCUT2D eigenvalue weighted by atomic mass is 15.2. The Morgan fingerprint density at radius 1 is 1.08 bits per heavy atom. The molecule has 3 rings (SSSR count). The lowest BCUT2D eigenvalue weighted by Gasteiger charge is -2.34. The maximum atomic E-state index is 4.77. The van der Waals surface area contributed by atoms with Crippen molar-refractivity contribution < 1.29 is 0 Å². The predicted molar refractivity (Wildman–Crippen MR) is 103 cm³/mol. The van der Waals surface area contributed by atoms with Gasteiger partial charge in [0.1, 0.15) is 11.5 Å². The van der Waals surface area contributed by atoms with Gasteiger partial charge in [-0.1, -0.05) is 20.8 Å². The van der Waals surface area contributed by atoms with E-state index in [2.05, 4.69) is 49.9 Å². The number of rotatable bonds is 4. The van der Waals surface area contributed by atoms with Crippen molar-refractivity contribution in [3.63, 3.8) is 0 Å². The van der Waals surface area contributed by atoms with E-state index in [0.29, 0.717) is 5.78 Å². The van der Waals surface area contributed by atoms with Crippen LogP contribution in [0.4, 0.5) is 5.82 Å². The van der Waals surface area contributed by atoms with Crippen LogP contribution in [0.5, 0.6) is 0 Å². The molecule has 0 spiro atoms. The van der Waals surface area contributed by atoms with Gasteiger partial charge >= 0.3 is 0 Å². The van der Waals surface area contributed by atoms with Crippen molar-refractivity contribution >= 4 is 11.6 Å². The molecule has 0 radical (unpaired) electrons. The first-order valence-corrected chi connectivity index (χ1v) is 8.69. The van der Waals surface area contributed by atoms with Crippen LogP contribution < -0.4 is 5.32 Å². The number of aromatic nitrogens is 4. The highest BCUT2D eigenvalue weighted by Gasteiger charge is 2.28. The molecule has 25 heavy (non-hydrogen) atoms. The van der Waals surface area contributed by atoms with Gasteiger partial charge in [0.05, 0.1) is 0 Å². The third-order valence-corrected chi connectivity index (χ3v) is 4.00. The average molecular weight is 337 g/mol. The van der Waals surface area contributed by atoms with E-state index in [9.17, 15) is 0 Å². The van der Waals surface area contributed by atoms with Crippen LogP contribution in [0.15, 0.2) is 36.8 Å².